The zero-order valence-electron chi connectivity index (χ0n) is 12.9. The summed E-state index contributed by atoms with van der Waals surface area (Å²) in [7, 11) is 1.63. The van der Waals surface area contributed by atoms with E-state index in [1.807, 2.05) is 36.4 Å². The third-order valence-electron chi connectivity index (χ3n) is 3.08. The first-order valence-electron chi connectivity index (χ1n) is 7.30. The molecule has 5 heteroatoms. The average Bonchev–Trinajstić information content (AvgIpc) is 2.59. The average molecular weight is 313 g/mol. The fourth-order valence-electron chi connectivity index (χ4n) is 1.95. The first-order valence-corrected chi connectivity index (χ1v) is 7.30. The van der Waals surface area contributed by atoms with Gasteiger partial charge in [0.2, 0.25) is 0 Å². The number of Topliss-reactive ketones (excluding diaryl/α,β-unsaturated/α-hetero) is 1. The van der Waals surface area contributed by atoms with Gasteiger partial charge in [-0.05, 0) is 24.7 Å². The van der Waals surface area contributed by atoms with Gasteiger partial charge >= 0.3 is 5.97 Å². The van der Waals surface area contributed by atoms with Gasteiger partial charge in [-0.2, -0.15) is 0 Å². The van der Waals surface area contributed by atoms with Crippen LogP contribution in [0.3, 0.4) is 0 Å². The normalized spacial score (nSPS) is 11.5. The number of benzene rings is 2. The van der Waals surface area contributed by atoms with Crippen LogP contribution in [-0.4, -0.2) is 31.4 Å². The standard InChI is InChI=1S/C18H19NO4/c1-19-12-16(20)17(23-15-10-6-3-7-11-15)18(21)22-13-14-8-4-2-5-9-14/h2-11,17,19H,12-13H2,1H3. The number of hydrogen-bond acceptors (Lipinski definition) is 5. The SMILES string of the molecule is CNCC(=O)C(Oc1ccccc1)C(=O)OCc1ccccc1. The van der Waals surface area contributed by atoms with Crippen molar-refractivity contribution in [2.24, 2.45) is 0 Å². The highest BCUT2D eigenvalue weighted by Gasteiger charge is 2.29. The molecular weight excluding hydrogens is 294 g/mol. The molecular formula is C18H19NO4. The van der Waals surface area contributed by atoms with Gasteiger partial charge in [-0.25, -0.2) is 4.79 Å². The van der Waals surface area contributed by atoms with Crippen molar-refractivity contribution < 1.29 is 19.1 Å². The number of rotatable bonds is 8. The minimum Gasteiger partial charge on any atom is -0.471 e. The molecule has 0 amide bonds. The summed E-state index contributed by atoms with van der Waals surface area (Å²) in [6.45, 7) is 0.124. The minimum absolute atomic E-state index is 0.0257. The van der Waals surface area contributed by atoms with E-state index >= 15 is 0 Å². The van der Waals surface area contributed by atoms with Crippen molar-refractivity contribution in [3.63, 3.8) is 0 Å². The second-order valence-electron chi connectivity index (χ2n) is 4.90. The molecule has 0 spiro atoms. The predicted molar refractivity (Wildman–Crippen MR) is 86.0 cm³/mol. The quantitative estimate of drug-likeness (QED) is 0.596. The van der Waals surface area contributed by atoms with Gasteiger partial charge in [0, 0.05) is 0 Å². The van der Waals surface area contributed by atoms with Gasteiger partial charge in [0.05, 0.1) is 6.54 Å². The molecule has 23 heavy (non-hydrogen) atoms. The van der Waals surface area contributed by atoms with Crippen LogP contribution in [0.1, 0.15) is 5.56 Å². The van der Waals surface area contributed by atoms with Crippen molar-refractivity contribution in [2.75, 3.05) is 13.6 Å². The van der Waals surface area contributed by atoms with Gasteiger partial charge in [0.15, 0.2) is 5.78 Å². The summed E-state index contributed by atoms with van der Waals surface area (Å²) < 4.78 is 10.7. The highest BCUT2D eigenvalue weighted by molar-refractivity contribution is 6.03. The van der Waals surface area contributed by atoms with Crippen molar-refractivity contribution in [3.8, 4) is 5.75 Å². The van der Waals surface area contributed by atoms with Crippen LogP contribution in [0.5, 0.6) is 5.75 Å². The Hall–Kier alpha value is -2.66. The number of carbonyl (C=O) groups excluding carboxylic acids is 2. The fraction of sp³-hybridized carbons (Fsp3) is 0.222. The lowest BCUT2D eigenvalue weighted by atomic mass is 10.2. The Morgan fingerprint density at radius 3 is 2.22 bits per heavy atom. The Balaban J connectivity index is 2.03. The molecule has 0 aliphatic carbocycles. The maximum Gasteiger partial charge on any atom is 0.355 e. The number of ether oxygens (including phenoxy) is 2. The smallest absolute Gasteiger partial charge is 0.355 e. The van der Waals surface area contributed by atoms with E-state index < -0.39 is 12.1 Å². The van der Waals surface area contributed by atoms with E-state index in [1.54, 1.807) is 31.3 Å². The summed E-state index contributed by atoms with van der Waals surface area (Å²) in [6.07, 6.45) is -1.28. The van der Waals surface area contributed by atoms with Crippen LogP contribution in [-0.2, 0) is 20.9 Å². The third-order valence-corrected chi connectivity index (χ3v) is 3.08. The largest absolute Gasteiger partial charge is 0.471 e. The van der Waals surface area contributed by atoms with Crippen molar-refractivity contribution >= 4 is 11.8 Å². The molecule has 2 rings (SSSR count). The number of hydrogen-bond donors (Lipinski definition) is 1. The lowest BCUT2D eigenvalue weighted by Gasteiger charge is -2.17. The Morgan fingerprint density at radius 2 is 1.61 bits per heavy atom. The Morgan fingerprint density at radius 1 is 1.00 bits per heavy atom. The van der Waals surface area contributed by atoms with E-state index in [-0.39, 0.29) is 18.9 Å². The Bertz CT molecular complexity index is 628. The Labute approximate surface area is 135 Å². The lowest BCUT2D eigenvalue weighted by Crippen LogP contribution is -2.41. The molecule has 120 valence electrons. The van der Waals surface area contributed by atoms with Crippen LogP contribution < -0.4 is 10.1 Å². The zero-order valence-corrected chi connectivity index (χ0v) is 12.9. The van der Waals surface area contributed by atoms with Crippen molar-refractivity contribution in [2.45, 2.75) is 12.7 Å². The van der Waals surface area contributed by atoms with E-state index in [4.69, 9.17) is 9.47 Å². The van der Waals surface area contributed by atoms with Gasteiger partial charge in [0.25, 0.3) is 6.10 Å². The number of carbonyl (C=O) groups is 2. The number of likely N-dealkylation sites (N-methyl/N-ethyl adjacent to an activating group) is 1. The van der Waals surface area contributed by atoms with Crippen LogP contribution in [0.15, 0.2) is 60.7 Å². The third kappa shape index (κ3) is 5.23. The molecule has 0 fully saturated rings. The van der Waals surface area contributed by atoms with E-state index in [9.17, 15) is 9.59 Å². The molecule has 0 saturated carbocycles. The first kappa shape index (κ1) is 16.7. The molecule has 0 aliphatic rings. The number of ketones is 1. The molecule has 0 radical (unpaired) electrons. The summed E-state index contributed by atoms with van der Waals surface area (Å²) >= 11 is 0. The highest BCUT2D eigenvalue weighted by Crippen LogP contribution is 2.13. The number of para-hydroxylation sites is 1. The second-order valence-corrected chi connectivity index (χ2v) is 4.90. The predicted octanol–water partition coefficient (Wildman–Crippen LogP) is 1.97. The summed E-state index contributed by atoms with van der Waals surface area (Å²) in [5.74, 6) is -0.633. The topological polar surface area (TPSA) is 64.6 Å². The molecule has 0 saturated heterocycles. The molecule has 0 bridgehead atoms. The van der Waals surface area contributed by atoms with Crippen molar-refractivity contribution in [1.82, 2.24) is 5.32 Å². The van der Waals surface area contributed by atoms with Crippen LogP contribution in [0, 0.1) is 0 Å². The number of nitrogens with one attached hydrogen (secondary N) is 1. The molecule has 1 atom stereocenters. The maximum absolute atomic E-state index is 12.2. The van der Waals surface area contributed by atoms with Crippen LogP contribution >= 0.6 is 0 Å². The molecule has 0 aliphatic heterocycles. The molecule has 1 unspecified atom stereocenters. The van der Waals surface area contributed by atoms with Gasteiger partial charge in [-0.3, -0.25) is 4.79 Å². The van der Waals surface area contributed by atoms with Crippen molar-refractivity contribution in [3.05, 3.63) is 66.2 Å². The van der Waals surface area contributed by atoms with Crippen LogP contribution in [0.25, 0.3) is 0 Å². The van der Waals surface area contributed by atoms with Crippen molar-refractivity contribution in [1.29, 1.82) is 0 Å². The molecule has 2 aromatic carbocycles. The highest BCUT2D eigenvalue weighted by atomic mass is 16.6. The summed E-state index contributed by atoms with van der Waals surface area (Å²) in [5, 5.41) is 2.73. The van der Waals surface area contributed by atoms with Gasteiger partial charge < -0.3 is 14.8 Å². The van der Waals surface area contributed by atoms with Gasteiger partial charge in [-0.1, -0.05) is 48.5 Å². The van der Waals surface area contributed by atoms with E-state index in [2.05, 4.69) is 5.32 Å². The van der Waals surface area contributed by atoms with E-state index in [1.165, 1.54) is 0 Å². The Kier molecular flexibility index (Phi) is 6.32. The number of esters is 1. The minimum atomic E-state index is -1.28. The zero-order chi connectivity index (χ0) is 16.5. The molecule has 5 nitrogen and oxygen atoms in total. The fourth-order valence-corrected chi connectivity index (χ4v) is 1.95. The summed E-state index contributed by atoms with van der Waals surface area (Å²) in [5.41, 5.74) is 0.848. The lowest BCUT2D eigenvalue weighted by molar-refractivity contribution is -0.156. The van der Waals surface area contributed by atoms with Gasteiger partial charge in [0.1, 0.15) is 12.4 Å². The molecule has 0 heterocycles. The van der Waals surface area contributed by atoms with Crippen LogP contribution in [0.4, 0.5) is 0 Å². The summed E-state index contributed by atoms with van der Waals surface area (Å²) in [6, 6.07) is 18.0. The monoisotopic (exact) mass is 313 g/mol. The molecule has 2 aromatic rings. The van der Waals surface area contributed by atoms with Gasteiger partial charge in [-0.15, -0.1) is 0 Å². The molecule has 1 N–H and O–H groups in total. The second kappa shape index (κ2) is 8.70. The van der Waals surface area contributed by atoms with Crippen LogP contribution in [0.2, 0.25) is 0 Å². The maximum atomic E-state index is 12.2. The first-order chi connectivity index (χ1) is 11.2. The van der Waals surface area contributed by atoms with E-state index in [0.717, 1.165) is 5.56 Å². The molecule has 0 aromatic heterocycles. The van der Waals surface area contributed by atoms with E-state index in [0.29, 0.717) is 5.75 Å². The summed E-state index contributed by atoms with van der Waals surface area (Å²) in [4.78, 5) is 24.4.